The molecule has 0 aromatic heterocycles. The average Bonchev–Trinajstić information content (AvgIpc) is 2.80. The summed E-state index contributed by atoms with van der Waals surface area (Å²) in [6.07, 6.45) is 7.43. The molecule has 0 spiro atoms. The van der Waals surface area contributed by atoms with Crippen molar-refractivity contribution in [2.75, 3.05) is 20.1 Å². The summed E-state index contributed by atoms with van der Waals surface area (Å²) < 4.78 is 0. The maximum atomic E-state index is 12.3. The van der Waals surface area contributed by atoms with Crippen LogP contribution >= 0.6 is 0 Å². The molecule has 1 aliphatic heterocycles. The van der Waals surface area contributed by atoms with Gasteiger partial charge in [-0.1, -0.05) is 19.8 Å². The van der Waals surface area contributed by atoms with Gasteiger partial charge in [0.05, 0.1) is 0 Å². The summed E-state index contributed by atoms with van der Waals surface area (Å²) in [5.74, 6) is 0.676. The number of carbonyl (C=O) groups is 1. The van der Waals surface area contributed by atoms with Crippen LogP contribution in [-0.4, -0.2) is 42.0 Å². The van der Waals surface area contributed by atoms with Crippen molar-refractivity contribution in [2.24, 2.45) is 5.92 Å². The Morgan fingerprint density at radius 1 is 1.19 bits per heavy atom. The minimum atomic E-state index is 0.262. The summed E-state index contributed by atoms with van der Waals surface area (Å²) in [6, 6.07) is 0.767. The molecule has 0 aromatic rings. The van der Waals surface area contributed by atoms with E-state index in [0.717, 1.165) is 13.1 Å². The first-order valence-electron chi connectivity index (χ1n) is 6.70. The van der Waals surface area contributed by atoms with Crippen LogP contribution < -0.4 is 0 Å². The first kappa shape index (κ1) is 11.7. The van der Waals surface area contributed by atoms with Crippen LogP contribution in [0.3, 0.4) is 0 Å². The molecular weight excluding hydrogens is 200 g/mol. The van der Waals surface area contributed by atoms with Crippen LogP contribution in [0.2, 0.25) is 0 Å². The number of carbonyl (C=O) groups excluding carboxylic acids is 1. The van der Waals surface area contributed by atoms with E-state index in [2.05, 4.69) is 6.92 Å². The number of hydrogen-bond donors (Lipinski definition) is 0. The van der Waals surface area contributed by atoms with Crippen molar-refractivity contribution in [2.45, 2.75) is 51.5 Å². The van der Waals surface area contributed by atoms with Gasteiger partial charge in [-0.15, -0.1) is 0 Å². The fourth-order valence-corrected chi connectivity index (χ4v) is 3.03. The molecule has 1 unspecified atom stereocenters. The Bertz CT molecular complexity index is 244. The lowest BCUT2D eigenvalue weighted by Gasteiger charge is -2.36. The van der Waals surface area contributed by atoms with Gasteiger partial charge in [-0.2, -0.15) is 0 Å². The summed E-state index contributed by atoms with van der Waals surface area (Å²) in [5, 5.41) is 0. The summed E-state index contributed by atoms with van der Waals surface area (Å²) in [5.41, 5.74) is 0. The van der Waals surface area contributed by atoms with Gasteiger partial charge in [0.25, 0.3) is 0 Å². The monoisotopic (exact) mass is 224 g/mol. The molecule has 3 heteroatoms. The molecule has 1 atom stereocenters. The fraction of sp³-hybridized carbons (Fsp3) is 0.923. The molecule has 2 fully saturated rings. The largest absolute Gasteiger partial charge is 0.325 e. The average molecular weight is 224 g/mol. The highest BCUT2D eigenvalue weighted by atomic mass is 16.2. The van der Waals surface area contributed by atoms with E-state index in [9.17, 15) is 4.79 Å². The molecule has 0 N–H and O–H groups in total. The Morgan fingerprint density at radius 2 is 1.88 bits per heavy atom. The minimum Gasteiger partial charge on any atom is -0.325 e. The molecule has 1 aliphatic carbocycles. The summed E-state index contributed by atoms with van der Waals surface area (Å²) in [6.45, 7) is 4.16. The van der Waals surface area contributed by atoms with Crippen molar-refractivity contribution in [3.05, 3.63) is 0 Å². The van der Waals surface area contributed by atoms with Gasteiger partial charge in [-0.25, -0.2) is 4.79 Å². The molecule has 2 amide bonds. The first-order valence-corrected chi connectivity index (χ1v) is 6.70. The Morgan fingerprint density at radius 3 is 2.50 bits per heavy atom. The number of piperidine rings is 1. The number of rotatable bonds is 1. The molecule has 1 saturated heterocycles. The third-order valence-corrected chi connectivity index (χ3v) is 4.10. The van der Waals surface area contributed by atoms with Gasteiger partial charge in [0.1, 0.15) is 0 Å². The predicted molar refractivity (Wildman–Crippen MR) is 65.4 cm³/mol. The first-order chi connectivity index (χ1) is 7.68. The molecule has 3 nitrogen and oxygen atoms in total. The van der Waals surface area contributed by atoms with Gasteiger partial charge >= 0.3 is 6.03 Å². The van der Waals surface area contributed by atoms with E-state index >= 15 is 0 Å². The highest BCUT2D eigenvalue weighted by Gasteiger charge is 2.28. The standard InChI is InChI=1S/C13H24N2O/c1-11-6-5-9-15(10-11)13(16)14(2)12-7-3-4-8-12/h11-12H,3-10H2,1-2H3. The van der Waals surface area contributed by atoms with E-state index in [-0.39, 0.29) is 6.03 Å². The molecule has 0 bridgehead atoms. The summed E-state index contributed by atoms with van der Waals surface area (Å²) in [7, 11) is 1.98. The molecule has 92 valence electrons. The molecular formula is C13H24N2O. The van der Waals surface area contributed by atoms with Crippen LogP contribution in [-0.2, 0) is 0 Å². The Balaban J connectivity index is 1.89. The van der Waals surface area contributed by atoms with Crippen molar-refractivity contribution < 1.29 is 4.79 Å². The molecule has 16 heavy (non-hydrogen) atoms. The second kappa shape index (κ2) is 5.07. The van der Waals surface area contributed by atoms with Gasteiger partial charge in [-0.3, -0.25) is 0 Å². The Hall–Kier alpha value is -0.730. The lowest BCUT2D eigenvalue weighted by atomic mass is 10.0. The van der Waals surface area contributed by atoms with E-state index in [1.54, 1.807) is 0 Å². The van der Waals surface area contributed by atoms with Crippen LogP contribution in [0.1, 0.15) is 45.4 Å². The molecule has 0 radical (unpaired) electrons. The second-order valence-electron chi connectivity index (χ2n) is 5.53. The highest BCUT2D eigenvalue weighted by Crippen LogP contribution is 2.24. The quantitative estimate of drug-likeness (QED) is 0.672. The highest BCUT2D eigenvalue weighted by molar-refractivity contribution is 5.74. The SMILES string of the molecule is CC1CCCN(C(=O)N(C)C2CCCC2)C1. The molecule has 1 heterocycles. The molecule has 0 aromatic carbocycles. The Labute approximate surface area is 98.8 Å². The predicted octanol–water partition coefficient (Wildman–Crippen LogP) is 2.71. The van der Waals surface area contributed by atoms with Crippen molar-refractivity contribution in [1.29, 1.82) is 0 Å². The van der Waals surface area contributed by atoms with Crippen LogP contribution in [0.4, 0.5) is 4.79 Å². The van der Waals surface area contributed by atoms with Gasteiger partial charge in [-0.05, 0) is 31.6 Å². The maximum Gasteiger partial charge on any atom is 0.319 e. The lowest BCUT2D eigenvalue weighted by molar-refractivity contribution is 0.126. The molecule has 1 saturated carbocycles. The number of urea groups is 1. The van der Waals surface area contributed by atoms with E-state index in [0.29, 0.717) is 12.0 Å². The van der Waals surface area contributed by atoms with E-state index in [4.69, 9.17) is 0 Å². The number of amides is 2. The normalized spacial score (nSPS) is 27.1. The summed E-state index contributed by atoms with van der Waals surface area (Å²) >= 11 is 0. The van der Waals surface area contributed by atoms with Crippen LogP contribution in [0.5, 0.6) is 0 Å². The van der Waals surface area contributed by atoms with Crippen LogP contribution in [0.15, 0.2) is 0 Å². The topological polar surface area (TPSA) is 23.6 Å². The van der Waals surface area contributed by atoms with Gasteiger partial charge in [0.2, 0.25) is 0 Å². The van der Waals surface area contributed by atoms with Crippen LogP contribution in [0.25, 0.3) is 0 Å². The van der Waals surface area contributed by atoms with Gasteiger partial charge in [0.15, 0.2) is 0 Å². The lowest BCUT2D eigenvalue weighted by Crippen LogP contribution is -2.48. The van der Waals surface area contributed by atoms with Crippen molar-refractivity contribution in [3.8, 4) is 0 Å². The zero-order valence-electron chi connectivity index (χ0n) is 10.6. The fourth-order valence-electron chi connectivity index (χ4n) is 3.03. The van der Waals surface area contributed by atoms with E-state index < -0.39 is 0 Å². The third-order valence-electron chi connectivity index (χ3n) is 4.10. The molecule has 2 aliphatic rings. The minimum absolute atomic E-state index is 0.262. The van der Waals surface area contributed by atoms with E-state index in [1.807, 2.05) is 16.8 Å². The maximum absolute atomic E-state index is 12.3. The van der Waals surface area contributed by atoms with Gasteiger partial charge in [0, 0.05) is 26.2 Å². The smallest absolute Gasteiger partial charge is 0.319 e. The summed E-state index contributed by atoms with van der Waals surface area (Å²) in [4.78, 5) is 16.3. The van der Waals surface area contributed by atoms with Crippen molar-refractivity contribution in [1.82, 2.24) is 9.80 Å². The van der Waals surface area contributed by atoms with E-state index in [1.165, 1.54) is 38.5 Å². The van der Waals surface area contributed by atoms with Gasteiger partial charge < -0.3 is 9.80 Å². The number of likely N-dealkylation sites (tertiary alicyclic amines) is 1. The second-order valence-corrected chi connectivity index (χ2v) is 5.53. The number of nitrogens with zero attached hydrogens (tertiary/aromatic N) is 2. The zero-order chi connectivity index (χ0) is 11.5. The van der Waals surface area contributed by atoms with Crippen molar-refractivity contribution >= 4 is 6.03 Å². The van der Waals surface area contributed by atoms with Crippen LogP contribution in [0, 0.1) is 5.92 Å². The third kappa shape index (κ3) is 2.50. The Kier molecular flexibility index (Phi) is 3.72. The zero-order valence-corrected chi connectivity index (χ0v) is 10.6. The van der Waals surface area contributed by atoms with Crippen molar-refractivity contribution in [3.63, 3.8) is 0 Å². The number of hydrogen-bond acceptors (Lipinski definition) is 1. The molecule has 2 rings (SSSR count).